The molecule has 0 aliphatic carbocycles. The van der Waals surface area contributed by atoms with Gasteiger partial charge in [0.2, 0.25) is 5.91 Å². The number of hydrogen-bond acceptors (Lipinski definition) is 5. The molecule has 202 valence electrons. The van der Waals surface area contributed by atoms with E-state index in [0.29, 0.717) is 28.3 Å². The maximum absolute atomic E-state index is 15.2. The van der Waals surface area contributed by atoms with Crippen LogP contribution in [0.25, 0.3) is 6.08 Å². The molecule has 0 aromatic heterocycles. The van der Waals surface area contributed by atoms with Gasteiger partial charge in [-0.2, -0.15) is 0 Å². The second kappa shape index (κ2) is 9.27. The highest BCUT2D eigenvalue weighted by Gasteiger charge is 2.70. The minimum atomic E-state index is -1.46. The molecule has 0 bridgehead atoms. The molecule has 1 saturated heterocycles. The number of halogens is 1. The van der Waals surface area contributed by atoms with Crippen molar-refractivity contribution in [2.75, 3.05) is 17.3 Å². The third-order valence-corrected chi connectivity index (χ3v) is 8.61. The zero-order valence-corrected chi connectivity index (χ0v) is 22.1. The van der Waals surface area contributed by atoms with Crippen LogP contribution in [-0.4, -0.2) is 36.7 Å². The van der Waals surface area contributed by atoms with Crippen LogP contribution in [-0.2, 0) is 10.2 Å². The van der Waals surface area contributed by atoms with E-state index in [-0.39, 0.29) is 17.3 Å². The van der Waals surface area contributed by atoms with Crippen molar-refractivity contribution in [2.24, 2.45) is 5.92 Å². The smallest absolute Gasteiger partial charge is 0.238 e. The average molecular weight is 545 g/mol. The third-order valence-electron chi connectivity index (χ3n) is 8.61. The van der Waals surface area contributed by atoms with E-state index >= 15 is 4.39 Å². The Hall–Kier alpha value is -5.04. The summed E-state index contributed by atoms with van der Waals surface area (Å²) in [5.74, 6) is -2.59. The monoisotopic (exact) mass is 544 g/mol. The first-order valence-electron chi connectivity index (χ1n) is 13.4. The van der Waals surface area contributed by atoms with Crippen LogP contribution in [0.3, 0.4) is 0 Å². The summed E-state index contributed by atoms with van der Waals surface area (Å²) in [4.78, 5) is 45.4. The van der Waals surface area contributed by atoms with Gasteiger partial charge in [-0.25, -0.2) is 4.39 Å². The van der Waals surface area contributed by atoms with Crippen molar-refractivity contribution in [3.8, 4) is 5.75 Å². The SMILES string of the molecule is COc1ccc(C(=O)[C@@H]2[C@H](C(=O)c3ccccc3F)N3c4ccccc4C=C[C@@H]3[C@]23C(=O)Nc2ccccc23)cc1. The van der Waals surface area contributed by atoms with Crippen LogP contribution in [0.2, 0.25) is 0 Å². The summed E-state index contributed by atoms with van der Waals surface area (Å²) in [6.07, 6.45) is 3.82. The average Bonchev–Trinajstić information content (AvgIpc) is 3.49. The van der Waals surface area contributed by atoms with Gasteiger partial charge >= 0.3 is 0 Å². The fourth-order valence-electron chi connectivity index (χ4n) is 6.87. The number of hydrogen-bond donors (Lipinski definition) is 1. The summed E-state index contributed by atoms with van der Waals surface area (Å²) in [6, 6.07) is 25.4. The number of amides is 1. The molecule has 3 heterocycles. The maximum Gasteiger partial charge on any atom is 0.238 e. The summed E-state index contributed by atoms with van der Waals surface area (Å²) in [5.41, 5.74) is 1.53. The fraction of sp³-hybridized carbons (Fsp3) is 0.147. The molecule has 4 aromatic carbocycles. The summed E-state index contributed by atoms with van der Waals surface area (Å²) in [7, 11) is 1.54. The number of carbonyl (C=O) groups is 3. The molecule has 7 rings (SSSR count). The summed E-state index contributed by atoms with van der Waals surface area (Å²) in [5, 5.41) is 3.00. The Labute approximate surface area is 236 Å². The first-order chi connectivity index (χ1) is 20.0. The lowest BCUT2D eigenvalue weighted by molar-refractivity contribution is -0.121. The van der Waals surface area contributed by atoms with Gasteiger partial charge in [-0.15, -0.1) is 0 Å². The van der Waals surface area contributed by atoms with E-state index in [1.54, 1.807) is 36.4 Å². The Morgan fingerprint density at radius 3 is 2.37 bits per heavy atom. The molecule has 0 radical (unpaired) electrons. The van der Waals surface area contributed by atoms with Crippen LogP contribution in [0, 0.1) is 11.7 Å². The number of Topliss-reactive ketones (excluding diaryl/α,β-unsaturated/α-hetero) is 2. The highest BCUT2D eigenvalue weighted by molar-refractivity contribution is 6.18. The molecule has 3 aliphatic rings. The Bertz CT molecular complexity index is 1760. The summed E-state index contributed by atoms with van der Waals surface area (Å²) < 4.78 is 20.5. The summed E-state index contributed by atoms with van der Waals surface area (Å²) >= 11 is 0. The standard InChI is InChI=1S/C34H25FN2O4/c1-41-22-17-14-21(15-18-22)31(38)29-30(32(39)23-9-3-5-11-25(23)35)37-27-13-7-2-8-20(27)16-19-28(37)34(29)24-10-4-6-12-26(24)36-33(34)40/h2-19,28-30H,1H3,(H,36,40)/t28-,29+,30-,34+/m1/s1. The van der Waals surface area contributed by atoms with E-state index in [4.69, 9.17) is 4.74 Å². The number of carbonyl (C=O) groups excluding carboxylic acids is 3. The van der Waals surface area contributed by atoms with Gasteiger partial charge in [-0.3, -0.25) is 14.4 Å². The number of para-hydroxylation sites is 2. The first-order valence-corrected chi connectivity index (χ1v) is 13.4. The Balaban J connectivity index is 1.53. The van der Waals surface area contributed by atoms with Crippen molar-refractivity contribution in [3.05, 3.63) is 131 Å². The second-order valence-electron chi connectivity index (χ2n) is 10.5. The highest BCUT2D eigenvalue weighted by Crippen LogP contribution is 2.58. The molecule has 0 unspecified atom stereocenters. The fourth-order valence-corrected chi connectivity index (χ4v) is 6.87. The zero-order valence-electron chi connectivity index (χ0n) is 22.1. The van der Waals surface area contributed by atoms with Gasteiger partial charge in [-0.1, -0.05) is 60.7 Å². The zero-order chi connectivity index (χ0) is 28.3. The van der Waals surface area contributed by atoms with Gasteiger partial charge in [0.1, 0.15) is 23.0 Å². The van der Waals surface area contributed by atoms with E-state index in [2.05, 4.69) is 5.32 Å². The van der Waals surface area contributed by atoms with Crippen molar-refractivity contribution in [1.29, 1.82) is 0 Å². The molecule has 3 aliphatic heterocycles. The largest absolute Gasteiger partial charge is 0.497 e. The lowest BCUT2D eigenvalue weighted by Gasteiger charge is -2.37. The van der Waals surface area contributed by atoms with Crippen LogP contribution in [0.15, 0.2) is 103 Å². The van der Waals surface area contributed by atoms with Crippen LogP contribution < -0.4 is 15.0 Å². The molecule has 1 N–H and O–H groups in total. The Morgan fingerprint density at radius 2 is 1.59 bits per heavy atom. The number of anilines is 2. The number of rotatable bonds is 5. The number of fused-ring (bicyclic) bond motifs is 6. The van der Waals surface area contributed by atoms with E-state index in [9.17, 15) is 14.4 Å². The number of ketones is 2. The second-order valence-corrected chi connectivity index (χ2v) is 10.5. The van der Waals surface area contributed by atoms with Gasteiger partial charge in [0, 0.05) is 16.9 Å². The minimum Gasteiger partial charge on any atom is -0.497 e. The van der Waals surface area contributed by atoms with Crippen LogP contribution >= 0.6 is 0 Å². The quantitative estimate of drug-likeness (QED) is 0.327. The predicted octanol–water partition coefficient (Wildman–Crippen LogP) is 5.69. The van der Waals surface area contributed by atoms with E-state index in [1.165, 1.54) is 25.3 Å². The normalized spacial score (nSPS) is 23.5. The topological polar surface area (TPSA) is 75.7 Å². The van der Waals surface area contributed by atoms with Crippen molar-refractivity contribution in [3.63, 3.8) is 0 Å². The molecule has 1 amide bonds. The van der Waals surface area contributed by atoms with Gasteiger partial charge in [0.15, 0.2) is 11.6 Å². The molecule has 7 heteroatoms. The molecular formula is C34H25FN2O4. The Kier molecular flexibility index (Phi) is 5.64. The van der Waals surface area contributed by atoms with E-state index in [1.807, 2.05) is 59.5 Å². The number of benzene rings is 4. The number of methoxy groups -OCH3 is 1. The van der Waals surface area contributed by atoms with Crippen molar-refractivity contribution in [2.45, 2.75) is 17.5 Å². The lowest BCUT2D eigenvalue weighted by Crippen LogP contribution is -2.51. The van der Waals surface area contributed by atoms with Gasteiger partial charge in [0.05, 0.1) is 24.6 Å². The molecule has 0 saturated carbocycles. The van der Waals surface area contributed by atoms with Gasteiger partial charge in [0.25, 0.3) is 0 Å². The van der Waals surface area contributed by atoms with Gasteiger partial charge in [-0.05, 0) is 59.7 Å². The molecule has 4 aromatic rings. The maximum atomic E-state index is 15.2. The molecule has 1 spiro atoms. The first kappa shape index (κ1) is 25.0. The van der Waals surface area contributed by atoms with Crippen molar-refractivity contribution >= 4 is 34.9 Å². The lowest BCUT2D eigenvalue weighted by atomic mass is 9.64. The molecule has 4 atom stereocenters. The molecular weight excluding hydrogens is 519 g/mol. The van der Waals surface area contributed by atoms with Crippen LogP contribution in [0.1, 0.15) is 31.8 Å². The predicted molar refractivity (Wildman–Crippen MR) is 154 cm³/mol. The number of nitrogens with one attached hydrogen (secondary N) is 1. The highest BCUT2D eigenvalue weighted by atomic mass is 19.1. The van der Waals surface area contributed by atoms with Crippen LogP contribution in [0.4, 0.5) is 15.8 Å². The Morgan fingerprint density at radius 1 is 0.878 bits per heavy atom. The van der Waals surface area contributed by atoms with E-state index < -0.39 is 35.0 Å². The van der Waals surface area contributed by atoms with Gasteiger partial charge < -0.3 is 15.0 Å². The van der Waals surface area contributed by atoms with Crippen molar-refractivity contribution in [1.82, 2.24) is 0 Å². The number of ether oxygens (including phenoxy) is 1. The summed E-state index contributed by atoms with van der Waals surface area (Å²) in [6.45, 7) is 0. The minimum absolute atomic E-state index is 0.125. The molecule has 6 nitrogen and oxygen atoms in total. The van der Waals surface area contributed by atoms with E-state index in [0.717, 1.165) is 5.56 Å². The third kappa shape index (κ3) is 3.45. The number of nitrogens with zero attached hydrogens (tertiary/aromatic N) is 1. The van der Waals surface area contributed by atoms with Crippen molar-refractivity contribution < 1.29 is 23.5 Å². The molecule has 1 fully saturated rings. The molecule has 41 heavy (non-hydrogen) atoms. The van der Waals surface area contributed by atoms with Crippen LogP contribution in [0.5, 0.6) is 5.75 Å².